The van der Waals surface area contributed by atoms with Gasteiger partial charge >= 0.3 is 0 Å². The third-order valence-electron chi connectivity index (χ3n) is 5.63. The zero-order chi connectivity index (χ0) is 21.8. The van der Waals surface area contributed by atoms with E-state index in [1.54, 1.807) is 0 Å². The zero-order valence-corrected chi connectivity index (χ0v) is 18.5. The van der Waals surface area contributed by atoms with Gasteiger partial charge in [-0.3, -0.25) is 14.6 Å². The van der Waals surface area contributed by atoms with Crippen molar-refractivity contribution in [1.29, 1.82) is 0 Å². The summed E-state index contributed by atoms with van der Waals surface area (Å²) in [6.45, 7) is 9.84. The molecule has 0 saturated carbocycles. The maximum atomic E-state index is 12.5. The summed E-state index contributed by atoms with van der Waals surface area (Å²) in [5, 5.41) is 3.04. The lowest BCUT2D eigenvalue weighted by atomic mass is 10.1. The first-order valence-corrected chi connectivity index (χ1v) is 10.3. The van der Waals surface area contributed by atoms with Gasteiger partial charge in [0.25, 0.3) is 0 Å². The largest absolute Gasteiger partial charge is 0.368 e. The van der Waals surface area contributed by atoms with Gasteiger partial charge in [-0.05, 0) is 38.0 Å². The van der Waals surface area contributed by atoms with Gasteiger partial charge in [-0.15, -0.1) is 0 Å². The van der Waals surface area contributed by atoms with Crippen molar-refractivity contribution in [3.63, 3.8) is 0 Å². The van der Waals surface area contributed by atoms with E-state index in [-0.39, 0.29) is 17.9 Å². The van der Waals surface area contributed by atoms with Gasteiger partial charge in [0.1, 0.15) is 0 Å². The second-order valence-electron chi connectivity index (χ2n) is 8.03. The van der Waals surface area contributed by atoms with Gasteiger partial charge in [-0.1, -0.05) is 12.1 Å². The van der Waals surface area contributed by atoms with Crippen molar-refractivity contribution >= 4 is 23.5 Å². The van der Waals surface area contributed by atoms with Crippen molar-refractivity contribution in [3.05, 3.63) is 35.2 Å². The quantitative estimate of drug-likeness (QED) is 0.735. The molecule has 0 aliphatic carbocycles. The summed E-state index contributed by atoms with van der Waals surface area (Å²) in [6, 6.07) is 5.99. The van der Waals surface area contributed by atoms with Crippen LogP contribution in [-0.2, 0) is 4.79 Å². The highest BCUT2D eigenvalue weighted by Gasteiger charge is 2.25. The van der Waals surface area contributed by atoms with Crippen LogP contribution in [0.15, 0.2) is 18.2 Å². The second kappa shape index (κ2) is 9.36. The van der Waals surface area contributed by atoms with Crippen molar-refractivity contribution < 1.29 is 4.79 Å². The lowest BCUT2D eigenvalue weighted by Gasteiger charge is -2.37. The molecule has 1 aliphatic heterocycles. The average molecular weight is 413 g/mol. The summed E-state index contributed by atoms with van der Waals surface area (Å²) in [4.78, 5) is 31.9. The molecule has 2 aromatic rings. The van der Waals surface area contributed by atoms with Crippen molar-refractivity contribution in [2.75, 3.05) is 62.8 Å². The summed E-state index contributed by atoms with van der Waals surface area (Å²) < 4.78 is 0. The fourth-order valence-electron chi connectivity index (χ4n) is 3.54. The summed E-state index contributed by atoms with van der Waals surface area (Å²) in [5.74, 6) is 1.49. The summed E-state index contributed by atoms with van der Waals surface area (Å²) >= 11 is 0. The first-order chi connectivity index (χ1) is 14.2. The Kier molecular flexibility index (Phi) is 6.84. The molecule has 0 bridgehead atoms. The van der Waals surface area contributed by atoms with Gasteiger partial charge in [0, 0.05) is 46.0 Å². The predicted molar refractivity (Wildman–Crippen MR) is 120 cm³/mol. The molecule has 1 aliphatic rings. The number of nitrogens with two attached hydrogens (primary N) is 1. The number of hydrogen-bond acceptors (Lipinski definition) is 8. The van der Waals surface area contributed by atoms with Crippen LogP contribution in [0, 0.1) is 13.8 Å². The maximum Gasteiger partial charge on any atom is 0.238 e. The van der Waals surface area contributed by atoms with Crippen molar-refractivity contribution in [1.82, 2.24) is 24.8 Å². The third kappa shape index (κ3) is 5.22. The highest BCUT2D eigenvalue weighted by Crippen LogP contribution is 2.21. The van der Waals surface area contributed by atoms with Crippen molar-refractivity contribution in [3.8, 4) is 0 Å². The molecule has 1 saturated heterocycles. The Bertz CT molecular complexity index is 893. The van der Waals surface area contributed by atoms with Crippen LogP contribution in [0.5, 0.6) is 0 Å². The number of hydrogen-bond donors (Lipinski definition) is 2. The molecular formula is C21H32N8O. The molecular weight excluding hydrogens is 380 g/mol. The fraction of sp³-hybridized carbons (Fsp3) is 0.524. The summed E-state index contributed by atoms with van der Waals surface area (Å²) in [5.41, 5.74) is 9.03. The predicted octanol–water partition coefficient (Wildman–Crippen LogP) is 1.45. The maximum absolute atomic E-state index is 12.5. The van der Waals surface area contributed by atoms with E-state index in [9.17, 15) is 4.79 Å². The minimum absolute atomic E-state index is 0.0195. The Labute approximate surface area is 178 Å². The van der Waals surface area contributed by atoms with Crippen molar-refractivity contribution in [2.45, 2.75) is 26.8 Å². The molecule has 0 radical (unpaired) electrons. The van der Waals surface area contributed by atoms with Gasteiger partial charge in [0.15, 0.2) is 5.82 Å². The molecule has 0 spiro atoms. The van der Waals surface area contributed by atoms with E-state index in [2.05, 4.69) is 37.0 Å². The number of aryl methyl sites for hydroxylation is 1. The van der Waals surface area contributed by atoms with Crippen molar-refractivity contribution in [2.24, 2.45) is 0 Å². The van der Waals surface area contributed by atoms with E-state index >= 15 is 0 Å². The van der Waals surface area contributed by atoms with Gasteiger partial charge < -0.3 is 16.0 Å². The number of nitrogens with zero attached hydrogens (tertiary/aromatic N) is 6. The number of nitrogens with one attached hydrogen (secondary N) is 1. The first-order valence-electron chi connectivity index (χ1n) is 10.3. The summed E-state index contributed by atoms with van der Waals surface area (Å²) in [7, 11) is 3.76. The Morgan fingerprint density at radius 3 is 2.53 bits per heavy atom. The molecule has 1 unspecified atom stereocenters. The van der Waals surface area contributed by atoms with Crippen LogP contribution in [0.1, 0.15) is 29.9 Å². The standard InChI is InChI=1S/C21H32N8O/c1-14-7-6-8-17(15(14)2)23-18(30)13-28-9-11-29(12-10-28)16(3)19-24-20(22)26-21(25-19)27(4)5/h6-8,16H,9-13H2,1-5H3,(H,23,30)(H2,22,24,25,26). The number of benzene rings is 1. The van der Waals surface area contributed by atoms with Crippen LogP contribution in [0.25, 0.3) is 0 Å². The molecule has 1 fully saturated rings. The van der Waals surface area contributed by atoms with Gasteiger partial charge in [0.05, 0.1) is 12.6 Å². The van der Waals surface area contributed by atoms with Crippen LogP contribution in [-0.4, -0.2) is 77.5 Å². The number of aromatic nitrogens is 3. The van der Waals surface area contributed by atoms with Crippen LogP contribution in [0.4, 0.5) is 17.6 Å². The molecule has 30 heavy (non-hydrogen) atoms. The Morgan fingerprint density at radius 2 is 1.87 bits per heavy atom. The van der Waals surface area contributed by atoms with E-state index < -0.39 is 0 Å². The first kappa shape index (κ1) is 21.9. The number of anilines is 3. The molecule has 1 amide bonds. The number of nitrogen functional groups attached to an aromatic ring is 1. The molecule has 1 atom stereocenters. The van der Waals surface area contributed by atoms with E-state index in [0.29, 0.717) is 18.3 Å². The zero-order valence-electron chi connectivity index (χ0n) is 18.5. The molecule has 3 rings (SSSR count). The number of carbonyl (C=O) groups is 1. The SMILES string of the molecule is Cc1cccc(NC(=O)CN2CCN(C(C)c3nc(N)nc(N(C)C)n3)CC2)c1C. The Balaban J connectivity index is 1.54. The smallest absolute Gasteiger partial charge is 0.238 e. The minimum atomic E-state index is 0.0195. The number of amides is 1. The van der Waals surface area contributed by atoms with Crippen LogP contribution in [0.2, 0.25) is 0 Å². The second-order valence-corrected chi connectivity index (χ2v) is 8.03. The van der Waals surface area contributed by atoms with Crippen LogP contribution in [0.3, 0.4) is 0 Å². The fourth-order valence-corrected chi connectivity index (χ4v) is 3.54. The number of piperazine rings is 1. The minimum Gasteiger partial charge on any atom is -0.368 e. The summed E-state index contributed by atoms with van der Waals surface area (Å²) in [6.07, 6.45) is 0. The monoisotopic (exact) mass is 412 g/mol. The lowest BCUT2D eigenvalue weighted by Crippen LogP contribution is -2.49. The van der Waals surface area contributed by atoms with Crippen LogP contribution < -0.4 is 16.0 Å². The normalized spacial score (nSPS) is 16.3. The highest BCUT2D eigenvalue weighted by molar-refractivity contribution is 5.93. The third-order valence-corrected chi connectivity index (χ3v) is 5.63. The van der Waals surface area contributed by atoms with E-state index in [0.717, 1.165) is 37.4 Å². The molecule has 2 heterocycles. The van der Waals surface area contributed by atoms with Gasteiger partial charge in [0.2, 0.25) is 17.8 Å². The van der Waals surface area contributed by atoms with Crippen LogP contribution >= 0.6 is 0 Å². The topological polar surface area (TPSA) is 104 Å². The highest BCUT2D eigenvalue weighted by atomic mass is 16.2. The van der Waals surface area contributed by atoms with E-state index in [4.69, 9.17) is 5.73 Å². The van der Waals surface area contributed by atoms with Gasteiger partial charge in [-0.2, -0.15) is 15.0 Å². The Hall–Kier alpha value is -2.78. The molecule has 1 aromatic carbocycles. The molecule has 9 heteroatoms. The number of rotatable bonds is 6. The number of carbonyl (C=O) groups excluding carboxylic acids is 1. The molecule has 3 N–H and O–H groups in total. The average Bonchev–Trinajstić information content (AvgIpc) is 2.71. The molecule has 1 aromatic heterocycles. The lowest BCUT2D eigenvalue weighted by molar-refractivity contribution is -0.117. The molecule has 9 nitrogen and oxygen atoms in total. The molecule has 162 valence electrons. The van der Waals surface area contributed by atoms with E-state index in [1.807, 2.05) is 51.0 Å². The Morgan fingerprint density at radius 1 is 1.17 bits per heavy atom. The van der Waals surface area contributed by atoms with E-state index in [1.165, 1.54) is 5.56 Å². The van der Waals surface area contributed by atoms with Gasteiger partial charge in [-0.25, -0.2) is 0 Å².